The molecule has 0 bridgehead atoms. The monoisotopic (exact) mass is 401 g/mol. The molecule has 0 aliphatic heterocycles. The Hall–Kier alpha value is -1.15. The van der Waals surface area contributed by atoms with E-state index in [0.717, 1.165) is 24.9 Å². The minimum atomic E-state index is -0.0954. The average Bonchev–Trinajstić information content (AvgIpc) is 2.75. The SMILES string of the molecule is CCCCCCCCC(CCCCCCC)C(=O)[C@@H](c1ccccc1)N(C)CC. The van der Waals surface area contributed by atoms with Crippen molar-refractivity contribution < 1.29 is 4.79 Å². The number of hydrogen-bond donors (Lipinski definition) is 0. The summed E-state index contributed by atoms with van der Waals surface area (Å²) in [6, 6.07) is 10.3. The Morgan fingerprint density at radius 1 is 0.759 bits per heavy atom. The lowest BCUT2D eigenvalue weighted by Crippen LogP contribution is -2.34. The minimum Gasteiger partial charge on any atom is -0.297 e. The summed E-state index contributed by atoms with van der Waals surface area (Å²) in [5.41, 5.74) is 1.15. The van der Waals surface area contributed by atoms with Gasteiger partial charge in [-0.2, -0.15) is 0 Å². The van der Waals surface area contributed by atoms with Crippen molar-refractivity contribution in [3.63, 3.8) is 0 Å². The van der Waals surface area contributed by atoms with Gasteiger partial charge in [0.25, 0.3) is 0 Å². The number of carbonyl (C=O) groups excluding carboxylic acids is 1. The van der Waals surface area contributed by atoms with Crippen molar-refractivity contribution in [2.24, 2.45) is 5.92 Å². The van der Waals surface area contributed by atoms with E-state index in [2.05, 4.69) is 57.0 Å². The molecule has 0 N–H and O–H groups in total. The number of ketones is 1. The predicted octanol–water partition coefficient (Wildman–Crippen LogP) is 7.98. The summed E-state index contributed by atoms with van der Waals surface area (Å²) in [4.78, 5) is 15.9. The lowest BCUT2D eigenvalue weighted by molar-refractivity contribution is -0.128. The highest BCUT2D eigenvalue weighted by Crippen LogP contribution is 2.29. The number of nitrogens with zero attached hydrogens (tertiary/aromatic N) is 1. The summed E-state index contributed by atoms with van der Waals surface area (Å²) >= 11 is 0. The molecule has 29 heavy (non-hydrogen) atoms. The van der Waals surface area contributed by atoms with Gasteiger partial charge < -0.3 is 0 Å². The van der Waals surface area contributed by atoms with Crippen molar-refractivity contribution >= 4 is 5.78 Å². The van der Waals surface area contributed by atoms with Crippen LogP contribution in [-0.4, -0.2) is 24.3 Å². The van der Waals surface area contributed by atoms with Gasteiger partial charge in [-0.3, -0.25) is 9.69 Å². The van der Waals surface area contributed by atoms with E-state index in [1.54, 1.807) is 0 Å². The van der Waals surface area contributed by atoms with Gasteiger partial charge in [-0.05, 0) is 32.0 Å². The maximum Gasteiger partial charge on any atom is 0.157 e. The topological polar surface area (TPSA) is 20.3 Å². The third kappa shape index (κ3) is 10.4. The lowest BCUT2D eigenvalue weighted by atomic mass is 9.85. The van der Waals surface area contributed by atoms with Crippen LogP contribution < -0.4 is 0 Å². The summed E-state index contributed by atoms with van der Waals surface area (Å²) in [6.45, 7) is 7.57. The number of rotatable bonds is 18. The molecule has 0 radical (unpaired) electrons. The molecular formula is C27H47NO. The molecule has 1 aromatic carbocycles. The molecule has 2 heteroatoms. The number of likely N-dealkylation sites (N-methyl/N-ethyl adjacent to an activating group) is 1. The van der Waals surface area contributed by atoms with Gasteiger partial charge in [-0.1, -0.05) is 122 Å². The highest BCUT2D eigenvalue weighted by Gasteiger charge is 2.30. The van der Waals surface area contributed by atoms with E-state index in [1.165, 1.54) is 70.6 Å². The fourth-order valence-electron chi connectivity index (χ4n) is 4.27. The number of unbranched alkanes of at least 4 members (excludes halogenated alkanes) is 9. The van der Waals surface area contributed by atoms with Gasteiger partial charge in [0.2, 0.25) is 0 Å². The van der Waals surface area contributed by atoms with Crippen LogP contribution in [0.15, 0.2) is 30.3 Å². The third-order valence-electron chi connectivity index (χ3n) is 6.29. The molecule has 0 aliphatic carbocycles. The highest BCUT2D eigenvalue weighted by molar-refractivity contribution is 5.87. The highest BCUT2D eigenvalue weighted by atomic mass is 16.1. The van der Waals surface area contributed by atoms with Crippen LogP contribution in [0.3, 0.4) is 0 Å². The van der Waals surface area contributed by atoms with Gasteiger partial charge in [0.15, 0.2) is 5.78 Å². The fraction of sp³-hybridized carbons (Fsp3) is 0.741. The van der Waals surface area contributed by atoms with E-state index < -0.39 is 0 Å². The first kappa shape index (κ1) is 25.9. The van der Waals surface area contributed by atoms with Gasteiger partial charge in [0.05, 0.1) is 6.04 Å². The zero-order valence-electron chi connectivity index (χ0n) is 19.8. The van der Waals surface area contributed by atoms with Crippen LogP contribution in [0.5, 0.6) is 0 Å². The van der Waals surface area contributed by atoms with Gasteiger partial charge >= 0.3 is 0 Å². The Labute approximate surface area is 181 Å². The second-order valence-electron chi connectivity index (χ2n) is 8.75. The summed E-state index contributed by atoms with van der Waals surface area (Å²) in [6.07, 6.45) is 16.3. The molecule has 0 amide bonds. The van der Waals surface area contributed by atoms with Crippen molar-refractivity contribution in [2.45, 2.75) is 110 Å². The molecule has 0 spiro atoms. The van der Waals surface area contributed by atoms with E-state index in [4.69, 9.17) is 0 Å². The average molecular weight is 402 g/mol. The van der Waals surface area contributed by atoms with Crippen molar-refractivity contribution in [1.82, 2.24) is 4.90 Å². The third-order valence-corrected chi connectivity index (χ3v) is 6.29. The first-order chi connectivity index (χ1) is 14.2. The Balaban J connectivity index is 2.75. The molecule has 0 heterocycles. The van der Waals surface area contributed by atoms with Crippen molar-refractivity contribution in [2.75, 3.05) is 13.6 Å². The molecule has 166 valence electrons. The zero-order valence-corrected chi connectivity index (χ0v) is 19.8. The molecule has 0 aliphatic rings. The Bertz CT molecular complexity index is 513. The first-order valence-corrected chi connectivity index (χ1v) is 12.4. The van der Waals surface area contributed by atoms with Crippen LogP contribution in [0.25, 0.3) is 0 Å². The van der Waals surface area contributed by atoms with E-state index in [-0.39, 0.29) is 12.0 Å². The standard InChI is InChI=1S/C27H47NO/c1-5-8-10-12-14-17-23-25(22-16-13-11-9-6-2)27(29)26(28(4)7-3)24-20-18-15-19-21-24/h15,18-21,25-26H,5-14,16-17,22-23H2,1-4H3/t25?,26-/m1/s1. The molecule has 1 unspecified atom stereocenters. The van der Waals surface area contributed by atoms with Crippen LogP contribution in [0, 0.1) is 5.92 Å². The number of Topliss-reactive ketones (excluding diaryl/α,β-unsaturated/α-hetero) is 1. The maximum absolute atomic E-state index is 13.7. The quantitative estimate of drug-likeness (QED) is 0.232. The normalized spacial score (nSPS) is 13.6. The van der Waals surface area contributed by atoms with Gasteiger partial charge in [-0.15, -0.1) is 0 Å². The molecule has 1 aromatic rings. The van der Waals surface area contributed by atoms with Crippen LogP contribution >= 0.6 is 0 Å². The summed E-state index contributed by atoms with van der Waals surface area (Å²) in [5.74, 6) is 0.659. The second kappa shape index (κ2) is 16.6. The molecule has 0 fully saturated rings. The van der Waals surface area contributed by atoms with Crippen LogP contribution in [-0.2, 0) is 4.79 Å². The van der Waals surface area contributed by atoms with E-state index in [9.17, 15) is 4.79 Å². The fourth-order valence-corrected chi connectivity index (χ4v) is 4.27. The van der Waals surface area contributed by atoms with Crippen LogP contribution in [0.4, 0.5) is 0 Å². The van der Waals surface area contributed by atoms with E-state index in [0.29, 0.717) is 5.78 Å². The summed E-state index contributed by atoms with van der Waals surface area (Å²) in [7, 11) is 2.10. The van der Waals surface area contributed by atoms with Crippen LogP contribution in [0.1, 0.15) is 116 Å². The molecule has 0 saturated carbocycles. The largest absolute Gasteiger partial charge is 0.297 e. The van der Waals surface area contributed by atoms with E-state index in [1.807, 2.05) is 6.07 Å². The van der Waals surface area contributed by atoms with E-state index >= 15 is 0 Å². The number of benzene rings is 1. The Morgan fingerprint density at radius 2 is 1.24 bits per heavy atom. The van der Waals surface area contributed by atoms with Crippen molar-refractivity contribution in [3.8, 4) is 0 Å². The minimum absolute atomic E-state index is 0.0954. The first-order valence-electron chi connectivity index (χ1n) is 12.4. The Morgan fingerprint density at radius 3 is 1.72 bits per heavy atom. The molecular weight excluding hydrogens is 354 g/mol. The smallest absolute Gasteiger partial charge is 0.157 e. The second-order valence-corrected chi connectivity index (χ2v) is 8.75. The number of carbonyl (C=O) groups is 1. The van der Waals surface area contributed by atoms with Gasteiger partial charge in [0, 0.05) is 5.92 Å². The number of hydrogen-bond acceptors (Lipinski definition) is 2. The maximum atomic E-state index is 13.7. The van der Waals surface area contributed by atoms with Crippen LogP contribution in [0.2, 0.25) is 0 Å². The summed E-state index contributed by atoms with van der Waals surface area (Å²) < 4.78 is 0. The Kier molecular flexibility index (Phi) is 14.8. The molecule has 0 saturated heterocycles. The molecule has 1 rings (SSSR count). The molecule has 2 atom stereocenters. The van der Waals surface area contributed by atoms with Gasteiger partial charge in [-0.25, -0.2) is 0 Å². The van der Waals surface area contributed by atoms with Crippen molar-refractivity contribution in [1.29, 1.82) is 0 Å². The molecule has 0 aromatic heterocycles. The molecule has 2 nitrogen and oxygen atoms in total. The lowest BCUT2D eigenvalue weighted by Gasteiger charge is -2.30. The predicted molar refractivity (Wildman–Crippen MR) is 127 cm³/mol. The summed E-state index contributed by atoms with van der Waals surface area (Å²) in [5, 5.41) is 0. The van der Waals surface area contributed by atoms with Crippen molar-refractivity contribution in [3.05, 3.63) is 35.9 Å². The zero-order chi connectivity index (χ0) is 21.3. The van der Waals surface area contributed by atoms with Gasteiger partial charge in [0.1, 0.15) is 0 Å².